The van der Waals surface area contributed by atoms with Crippen molar-refractivity contribution in [2.75, 3.05) is 18.4 Å². The maximum Gasteiger partial charge on any atom is 0.246 e. The summed E-state index contributed by atoms with van der Waals surface area (Å²) in [5.41, 5.74) is 1.41. The van der Waals surface area contributed by atoms with Crippen LogP contribution in [-0.4, -0.2) is 40.4 Å². The van der Waals surface area contributed by atoms with Gasteiger partial charge in [-0.15, -0.1) is 0 Å². The Morgan fingerprint density at radius 2 is 1.68 bits per heavy atom. The van der Waals surface area contributed by atoms with E-state index in [1.807, 2.05) is 49.6 Å². The number of para-hydroxylation sites is 2. The van der Waals surface area contributed by atoms with E-state index in [9.17, 15) is 14.4 Å². The van der Waals surface area contributed by atoms with Crippen molar-refractivity contribution in [3.63, 3.8) is 0 Å². The molecule has 8 nitrogen and oxygen atoms in total. The smallest absolute Gasteiger partial charge is 0.246 e. The van der Waals surface area contributed by atoms with Crippen molar-refractivity contribution in [3.8, 4) is 0 Å². The maximum absolute atomic E-state index is 12.1. The topological polar surface area (TPSA) is 105 Å². The predicted molar refractivity (Wildman–Crippen MR) is 95.1 cm³/mol. The highest BCUT2D eigenvalue weighted by Crippen LogP contribution is 2.27. The zero-order valence-electron chi connectivity index (χ0n) is 14.8. The average Bonchev–Trinajstić information content (AvgIpc) is 2.88. The van der Waals surface area contributed by atoms with E-state index in [0.29, 0.717) is 5.95 Å². The SMILES string of the molecule is CC(=O)NCC(=O)NCC(=O)Nc1nc2ccccc2n1C(C)(C)C. The molecule has 25 heavy (non-hydrogen) atoms. The molecule has 8 heteroatoms. The average molecular weight is 345 g/mol. The molecule has 0 saturated carbocycles. The standard InChI is InChI=1S/C17H23N5O3/c1-11(23)18-9-14(24)19-10-15(25)21-16-20-12-7-5-6-8-13(12)22(16)17(2,3)4/h5-8H,9-10H2,1-4H3,(H,18,23)(H,19,24)(H,20,21,25). The number of carbonyl (C=O) groups excluding carboxylic acids is 3. The van der Waals surface area contributed by atoms with Crippen molar-refractivity contribution in [1.82, 2.24) is 20.2 Å². The second-order valence-corrected chi connectivity index (χ2v) is 6.67. The van der Waals surface area contributed by atoms with E-state index in [-0.39, 0.29) is 24.5 Å². The summed E-state index contributed by atoms with van der Waals surface area (Å²) in [7, 11) is 0. The number of amides is 3. The number of nitrogens with zero attached hydrogens (tertiary/aromatic N) is 2. The third kappa shape index (κ3) is 4.79. The highest BCUT2D eigenvalue weighted by atomic mass is 16.2. The normalized spacial score (nSPS) is 11.2. The largest absolute Gasteiger partial charge is 0.347 e. The van der Waals surface area contributed by atoms with Gasteiger partial charge >= 0.3 is 0 Å². The van der Waals surface area contributed by atoms with Crippen LogP contribution in [0.25, 0.3) is 11.0 Å². The van der Waals surface area contributed by atoms with E-state index >= 15 is 0 Å². The second kappa shape index (κ2) is 7.33. The number of benzene rings is 1. The minimum absolute atomic E-state index is 0.164. The first kappa shape index (κ1) is 18.4. The lowest BCUT2D eigenvalue weighted by molar-refractivity contribution is -0.126. The van der Waals surface area contributed by atoms with Crippen LogP contribution >= 0.6 is 0 Å². The Labute approximate surface area is 146 Å². The van der Waals surface area contributed by atoms with E-state index in [1.165, 1.54) is 6.92 Å². The molecule has 134 valence electrons. The molecule has 1 aromatic heterocycles. The number of aromatic nitrogens is 2. The Morgan fingerprint density at radius 1 is 1.04 bits per heavy atom. The van der Waals surface area contributed by atoms with Gasteiger partial charge in [0.15, 0.2) is 0 Å². The van der Waals surface area contributed by atoms with E-state index in [0.717, 1.165) is 11.0 Å². The Kier molecular flexibility index (Phi) is 5.41. The molecule has 0 aliphatic rings. The molecule has 0 aliphatic heterocycles. The lowest BCUT2D eigenvalue weighted by Gasteiger charge is -2.24. The molecule has 1 heterocycles. The predicted octanol–water partition coefficient (Wildman–Crippen LogP) is 0.982. The number of hydrogen-bond acceptors (Lipinski definition) is 4. The molecule has 0 spiro atoms. The zero-order valence-corrected chi connectivity index (χ0v) is 14.8. The van der Waals surface area contributed by atoms with Crippen LogP contribution in [0.2, 0.25) is 0 Å². The van der Waals surface area contributed by atoms with Crippen LogP contribution in [0.15, 0.2) is 24.3 Å². The van der Waals surface area contributed by atoms with Crippen LogP contribution in [0.4, 0.5) is 5.95 Å². The molecule has 2 aromatic rings. The van der Waals surface area contributed by atoms with Crippen molar-refractivity contribution in [2.24, 2.45) is 0 Å². The fourth-order valence-corrected chi connectivity index (χ4v) is 2.40. The van der Waals surface area contributed by atoms with Gasteiger partial charge in [-0.05, 0) is 32.9 Å². The van der Waals surface area contributed by atoms with E-state index in [4.69, 9.17) is 0 Å². The quantitative estimate of drug-likeness (QED) is 0.751. The number of hydrogen-bond donors (Lipinski definition) is 3. The van der Waals surface area contributed by atoms with Gasteiger partial charge in [0.1, 0.15) is 0 Å². The molecule has 3 N–H and O–H groups in total. The fourth-order valence-electron chi connectivity index (χ4n) is 2.40. The van der Waals surface area contributed by atoms with Crippen LogP contribution in [-0.2, 0) is 19.9 Å². The molecule has 0 unspecified atom stereocenters. The van der Waals surface area contributed by atoms with Crippen molar-refractivity contribution < 1.29 is 14.4 Å². The summed E-state index contributed by atoms with van der Waals surface area (Å²) in [6.45, 7) is 7.01. The summed E-state index contributed by atoms with van der Waals surface area (Å²) in [6, 6.07) is 7.62. The molecule has 0 saturated heterocycles. The molecule has 0 radical (unpaired) electrons. The summed E-state index contributed by atoms with van der Waals surface area (Å²) in [5.74, 6) is -0.708. The Morgan fingerprint density at radius 3 is 2.32 bits per heavy atom. The molecule has 0 bridgehead atoms. The number of rotatable bonds is 5. The molecule has 2 rings (SSSR count). The van der Waals surface area contributed by atoms with Gasteiger partial charge in [-0.3, -0.25) is 19.7 Å². The van der Waals surface area contributed by atoms with Gasteiger partial charge in [-0.25, -0.2) is 4.98 Å². The zero-order chi connectivity index (χ0) is 18.6. The molecule has 1 aromatic carbocycles. The summed E-state index contributed by atoms with van der Waals surface area (Å²) < 4.78 is 1.94. The van der Waals surface area contributed by atoms with Gasteiger partial charge in [0.2, 0.25) is 23.7 Å². The van der Waals surface area contributed by atoms with Crippen LogP contribution in [0.3, 0.4) is 0 Å². The first-order valence-corrected chi connectivity index (χ1v) is 7.97. The number of carbonyl (C=O) groups is 3. The second-order valence-electron chi connectivity index (χ2n) is 6.67. The summed E-state index contributed by atoms with van der Waals surface area (Å²) in [4.78, 5) is 38.9. The number of fused-ring (bicyclic) bond motifs is 1. The van der Waals surface area contributed by atoms with Gasteiger partial charge in [0.05, 0.1) is 24.1 Å². The minimum atomic E-state index is -0.435. The minimum Gasteiger partial charge on any atom is -0.347 e. The van der Waals surface area contributed by atoms with Gasteiger partial charge < -0.3 is 15.2 Å². The van der Waals surface area contributed by atoms with Crippen molar-refractivity contribution in [1.29, 1.82) is 0 Å². The number of nitrogens with one attached hydrogen (secondary N) is 3. The summed E-state index contributed by atoms with van der Waals surface area (Å²) in [5, 5.41) is 7.55. The van der Waals surface area contributed by atoms with Crippen LogP contribution < -0.4 is 16.0 Å². The molecule has 0 fully saturated rings. The third-order valence-corrected chi connectivity index (χ3v) is 3.43. The fraction of sp³-hybridized carbons (Fsp3) is 0.412. The highest BCUT2D eigenvalue weighted by Gasteiger charge is 2.22. The van der Waals surface area contributed by atoms with E-state index < -0.39 is 11.8 Å². The molecule has 0 atom stereocenters. The summed E-state index contributed by atoms with van der Waals surface area (Å²) in [6.07, 6.45) is 0. The van der Waals surface area contributed by atoms with E-state index in [2.05, 4.69) is 20.9 Å². The Balaban J connectivity index is 2.08. The number of anilines is 1. The van der Waals surface area contributed by atoms with Gasteiger partial charge in [0, 0.05) is 12.5 Å². The Hall–Kier alpha value is -2.90. The lowest BCUT2D eigenvalue weighted by Crippen LogP contribution is -2.40. The van der Waals surface area contributed by atoms with Crippen LogP contribution in [0.1, 0.15) is 27.7 Å². The van der Waals surface area contributed by atoms with E-state index in [1.54, 1.807) is 0 Å². The monoisotopic (exact) mass is 345 g/mol. The summed E-state index contributed by atoms with van der Waals surface area (Å²) >= 11 is 0. The molecule has 3 amide bonds. The van der Waals surface area contributed by atoms with Gasteiger partial charge in [-0.2, -0.15) is 0 Å². The highest BCUT2D eigenvalue weighted by molar-refractivity contribution is 5.95. The lowest BCUT2D eigenvalue weighted by atomic mass is 10.1. The molecular formula is C17H23N5O3. The Bertz CT molecular complexity index is 804. The van der Waals surface area contributed by atoms with Crippen molar-refractivity contribution in [2.45, 2.75) is 33.2 Å². The van der Waals surface area contributed by atoms with Crippen LogP contribution in [0, 0.1) is 0 Å². The molecule has 0 aliphatic carbocycles. The molecular weight excluding hydrogens is 322 g/mol. The van der Waals surface area contributed by atoms with Gasteiger partial charge in [0.25, 0.3) is 0 Å². The maximum atomic E-state index is 12.1. The van der Waals surface area contributed by atoms with Gasteiger partial charge in [-0.1, -0.05) is 12.1 Å². The number of imidazole rings is 1. The van der Waals surface area contributed by atoms with Crippen molar-refractivity contribution in [3.05, 3.63) is 24.3 Å². The first-order valence-electron chi connectivity index (χ1n) is 7.97. The third-order valence-electron chi connectivity index (χ3n) is 3.43. The van der Waals surface area contributed by atoms with Crippen LogP contribution in [0.5, 0.6) is 0 Å². The first-order chi connectivity index (χ1) is 11.7. The van der Waals surface area contributed by atoms with Crippen molar-refractivity contribution >= 4 is 34.7 Å².